The van der Waals surface area contributed by atoms with E-state index >= 15 is 0 Å². The average molecular weight is 395 g/mol. The number of hydrogen-bond donors (Lipinski definition) is 1. The first-order valence-electron chi connectivity index (χ1n) is 9.23. The Bertz CT molecular complexity index is 1180. The number of carbonyl (C=O) groups is 1. The third-order valence-corrected chi connectivity index (χ3v) is 4.64. The van der Waals surface area contributed by atoms with Crippen LogP contribution in [0.15, 0.2) is 61.0 Å². The number of hydrogen-bond acceptors (Lipinski definition) is 7. The smallest absolute Gasteiger partial charge is 0.346 e. The molecule has 1 N–H and O–H groups in total. The van der Waals surface area contributed by atoms with Crippen LogP contribution in [0.2, 0.25) is 0 Å². The van der Waals surface area contributed by atoms with Crippen molar-refractivity contribution >= 4 is 5.91 Å². The Balaban J connectivity index is 1.27. The van der Waals surface area contributed by atoms with Gasteiger partial charge in [-0.25, -0.2) is 9.48 Å². The molecule has 0 spiro atoms. The van der Waals surface area contributed by atoms with Crippen molar-refractivity contribution in [3.05, 3.63) is 59.0 Å². The Morgan fingerprint density at radius 2 is 1.90 bits per heavy atom. The lowest BCUT2D eigenvalue weighted by Crippen LogP contribution is -2.32. The van der Waals surface area contributed by atoms with Crippen molar-refractivity contribution in [2.45, 2.75) is 25.4 Å². The van der Waals surface area contributed by atoms with Gasteiger partial charge in [0.25, 0.3) is 5.91 Å². The molecule has 0 radical (unpaired) electrons. The molecule has 10 heteroatoms. The highest BCUT2D eigenvalue weighted by molar-refractivity contribution is 5.92. The molecule has 0 atom stereocenters. The van der Waals surface area contributed by atoms with Crippen molar-refractivity contribution in [2.24, 2.45) is 0 Å². The summed E-state index contributed by atoms with van der Waals surface area (Å²) in [6, 6.07) is 8.60. The molecule has 5 rings (SSSR count). The first-order valence-corrected chi connectivity index (χ1v) is 9.23. The Morgan fingerprint density at radius 3 is 2.59 bits per heavy atom. The summed E-state index contributed by atoms with van der Waals surface area (Å²) in [6.45, 7) is 0.432. The summed E-state index contributed by atoms with van der Waals surface area (Å²) in [5.74, 6) is 1.49. The second-order valence-electron chi connectivity index (χ2n) is 6.72. The van der Waals surface area contributed by atoms with Gasteiger partial charge < -0.3 is 18.7 Å². The van der Waals surface area contributed by atoms with Gasteiger partial charge >= 0.3 is 5.69 Å². The number of amides is 1. The monoisotopic (exact) mass is 395 g/mol. The summed E-state index contributed by atoms with van der Waals surface area (Å²) in [5.41, 5.74) is -0.0850. The lowest BCUT2D eigenvalue weighted by Gasteiger charge is -2.02. The lowest BCUT2D eigenvalue weighted by molar-refractivity contribution is 0.0942. The van der Waals surface area contributed by atoms with Gasteiger partial charge in [-0.3, -0.25) is 9.36 Å². The van der Waals surface area contributed by atoms with Crippen LogP contribution in [0, 0.1) is 0 Å². The van der Waals surface area contributed by atoms with Crippen molar-refractivity contribution in [3.8, 4) is 23.1 Å². The van der Waals surface area contributed by atoms with E-state index in [-0.39, 0.29) is 30.5 Å². The van der Waals surface area contributed by atoms with Gasteiger partial charge in [0.05, 0.1) is 19.1 Å². The van der Waals surface area contributed by atoms with Crippen molar-refractivity contribution in [1.29, 1.82) is 0 Å². The molecule has 1 amide bonds. The number of furan rings is 2. The zero-order valence-corrected chi connectivity index (χ0v) is 15.3. The molecular weight excluding hydrogens is 378 g/mol. The summed E-state index contributed by atoms with van der Waals surface area (Å²) in [6.07, 6.45) is 4.94. The highest BCUT2D eigenvalue weighted by atomic mass is 16.5. The summed E-state index contributed by atoms with van der Waals surface area (Å²) in [5, 5.41) is 10.9. The molecule has 4 heterocycles. The predicted molar refractivity (Wildman–Crippen MR) is 99.0 cm³/mol. The Hall–Kier alpha value is -3.82. The van der Waals surface area contributed by atoms with E-state index in [2.05, 4.69) is 15.6 Å². The molecule has 0 aliphatic heterocycles. The van der Waals surface area contributed by atoms with Crippen LogP contribution in [0.5, 0.6) is 0 Å². The summed E-state index contributed by atoms with van der Waals surface area (Å²) >= 11 is 0. The third-order valence-electron chi connectivity index (χ3n) is 4.64. The summed E-state index contributed by atoms with van der Waals surface area (Å²) in [4.78, 5) is 25.0. The van der Waals surface area contributed by atoms with Crippen LogP contribution >= 0.6 is 0 Å². The summed E-state index contributed by atoms with van der Waals surface area (Å²) < 4.78 is 18.7. The predicted octanol–water partition coefficient (Wildman–Crippen LogP) is 2.32. The van der Waals surface area contributed by atoms with Gasteiger partial charge in [-0.1, -0.05) is 5.16 Å². The fraction of sp³-hybridized carbons (Fsp3) is 0.263. The number of aromatic nitrogens is 4. The van der Waals surface area contributed by atoms with Crippen LogP contribution < -0.4 is 11.0 Å². The molecule has 0 aromatic carbocycles. The fourth-order valence-corrected chi connectivity index (χ4v) is 3.08. The van der Waals surface area contributed by atoms with E-state index in [4.69, 9.17) is 13.4 Å². The van der Waals surface area contributed by atoms with Gasteiger partial charge in [0.15, 0.2) is 17.2 Å². The fourth-order valence-electron chi connectivity index (χ4n) is 3.08. The van der Waals surface area contributed by atoms with Crippen LogP contribution in [0.1, 0.15) is 29.4 Å². The van der Waals surface area contributed by atoms with Crippen LogP contribution in [0.25, 0.3) is 23.1 Å². The maximum Gasteiger partial charge on any atom is 0.346 e. The molecule has 0 unspecified atom stereocenters. The zero-order valence-electron chi connectivity index (χ0n) is 15.3. The molecule has 1 saturated carbocycles. The van der Waals surface area contributed by atoms with Crippen LogP contribution in [-0.4, -0.2) is 32.0 Å². The van der Waals surface area contributed by atoms with E-state index < -0.39 is 5.91 Å². The Morgan fingerprint density at radius 1 is 1.14 bits per heavy atom. The minimum atomic E-state index is -0.410. The highest BCUT2D eigenvalue weighted by Crippen LogP contribution is 2.36. The quantitative estimate of drug-likeness (QED) is 0.510. The Kier molecular flexibility index (Phi) is 4.15. The van der Waals surface area contributed by atoms with Gasteiger partial charge in [-0.05, 0) is 37.1 Å². The number of rotatable bonds is 7. The van der Waals surface area contributed by atoms with E-state index in [1.165, 1.54) is 17.0 Å². The van der Waals surface area contributed by atoms with E-state index in [0.29, 0.717) is 23.1 Å². The van der Waals surface area contributed by atoms with Gasteiger partial charge in [-0.2, -0.15) is 0 Å². The average Bonchev–Trinajstić information content (AvgIpc) is 3.21. The number of nitrogens with zero attached hydrogens (tertiary/aromatic N) is 4. The first kappa shape index (κ1) is 17.3. The van der Waals surface area contributed by atoms with Crippen molar-refractivity contribution in [1.82, 2.24) is 24.8 Å². The standard InChI is InChI=1S/C19H17N5O5/c25-18(13-11-16(29-22-13)14-3-1-9-27-14)20-7-8-23-19(26)24(12-5-6-12)17(21-23)15-4-2-10-28-15/h1-4,9-12H,5-8H2,(H,20,25). The van der Waals surface area contributed by atoms with E-state index in [1.54, 1.807) is 35.1 Å². The molecule has 4 aromatic heterocycles. The molecule has 10 nitrogen and oxygen atoms in total. The van der Waals surface area contributed by atoms with Crippen LogP contribution in [-0.2, 0) is 6.54 Å². The minimum Gasteiger partial charge on any atom is -0.461 e. The molecule has 4 aromatic rings. The molecule has 0 bridgehead atoms. The molecule has 1 fully saturated rings. The largest absolute Gasteiger partial charge is 0.461 e. The topological polar surface area (TPSA) is 121 Å². The molecule has 29 heavy (non-hydrogen) atoms. The Labute approximate surface area is 163 Å². The molecule has 148 valence electrons. The van der Waals surface area contributed by atoms with Crippen LogP contribution in [0.4, 0.5) is 0 Å². The van der Waals surface area contributed by atoms with Gasteiger partial charge in [0.2, 0.25) is 11.6 Å². The lowest BCUT2D eigenvalue weighted by atomic mass is 10.3. The normalized spacial score (nSPS) is 13.7. The summed E-state index contributed by atoms with van der Waals surface area (Å²) in [7, 11) is 0. The maximum atomic E-state index is 12.7. The third kappa shape index (κ3) is 3.28. The molecule has 1 aliphatic carbocycles. The first-order chi connectivity index (χ1) is 14.2. The van der Waals surface area contributed by atoms with E-state index in [0.717, 1.165) is 12.8 Å². The van der Waals surface area contributed by atoms with Crippen LogP contribution in [0.3, 0.4) is 0 Å². The van der Waals surface area contributed by atoms with E-state index in [9.17, 15) is 9.59 Å². The highest BCUT2D eigenvalue weighted by Gasteiger charge is 2.31. The van der Waals surface area contributed by atoms with Crippen molar-refractivity contribution in [2.75, 3.05) is 6.54 Å². The molecule has 1 aliphatic rings. The van der Waals surface area contributed by atoms with E-state index in [1.807, 2.05) is 0 Å². The van der Waals surface area contributed by atoms with Gasteiger partial charge in [-0.15, -0.1) is 5.10 Å². The number of nitrogens with one attached hydrogen (secondary N) is 1. The van der Waals surface area contributed by atoms with Gasteiger partial charge in [0, 0.05) is 18.7 Å². The minimum absolute atomic E-state index is 0.128. The van der Waals surface area contributed by atoms with Gasteiger partial charge in [0.1, 0.15) is 0 Å². The number of carbonyl (C=O) groups excluding carboxylic acids is 1. The second kappa shape index (κ2) is 6.97. The molecule has 0 saturated heterocycles. The van der Waals surface area contributed by atoms with Crippen molar-refractivity contribution in [3.63, 3.8) is 0 Å². The maximum absolute atomic E-state index is 12.7. The SMILES string of the molecule is O=C(NCCn1nc(-c2ccco2)n(C2CC2)c1=O)c1cc(-c2ccco2)on1. The molecular formula is C19H17N5O5. The second-order valence-corrected chi connectivity index (χ2v) is 6.72. The van der Waals surface area contributed by atoms with Crippen molar-refractivity contribution < 1.29 is 18.2 Å². The zero-order chi connectivity index (χ0) is 19.8.